The quantitative estimate of drug-likeness (QED) is 0.599. The molecule has 0 atom stereocenters. The molecule has 156 valence electrons. The predicted molar refractivity (Wildman–Crippen MR) is 114 cm³/mol. The van der Waals surface area contributed by atoms with Crippen molar-refractivity contribution in [1.29, 1.82) is 0 Å². The molecule has 0 spiro atoms. The second-order valence-electron chi connectivity index (χ2n) is 6.15. The predicted octanol–water partition coefficient (Wildman–Crippen LogP) is 2.47. The molecule has 8 nitrogen and oxygen atoms in total. The molecule has 0 radical (unpaired) electrons. The number of carbonyl (C=O) groups is 2. The largest absolute Gasteiger partial charge is 0.484 e. The van der Waals surface area contributed by atoms with E-state index in [1.807, 2.05) is 6.92 Å². The number of carbonyl (C=O) groups excluding carboxylic acids is 2. The van der Waals surface area contributed by atoms with Crippen molar-refractivity contribution in [3.8, 4) is 5.75 Å². The van der Waals surface area contributed by atoms with Gasteiger partial charge in [0.1, 0.15) is 5.75 Å². The molecule has 0 bridgehead atoms. The number of hydrogen-bond acceptors (Lipinski definition) is 5. The molecule has 2 rings (SSSR count). The number of anilines is 1. The van der Waals surface area contributed by atoms with Crippen molar-refractivity contribution in [3.63, 3.8) is 0 Å². The summed E-state index contributed by atoms with van der Waals surface area (Å²) in [6.07, 6.45) is 0. The maximum Gasteiger partial charge on any atom is 0.257 e. The number of amides is 2. The summed E-state index contributed by atoms with van der Waals surface area (Å²) in [6, 6.07) is 10.9. The molecule has 0 saturated carbocycles. The zero-order valence-corrected chi connectivity index (χ0v) is 18.6. The summed E-state index contributed by atoms with van der Waals surface area (Å²) in [5.41, 5.74) is 0.700. The summed E-state index contributed by atoms with van der Waals surface area (Å²) in [4.78, 5) is 23.9. The van der Waals surface area contributed by atoms with E-state index in [0.717, 1.165) is 4.31 Å². The normalized spacial score (nSPS) is 11.2. The number of ether oxygens (including phenoxy) is 1. The Bertz CT molecular complexity index is 991. The molecule has 0 aliphatic heterocycles. The van der Waals surface area contributed by atoms with Gasteiger partial charge in [-0.25, -0.2) is 12.7 Å². The number of likely N-dealkylation sites (N-methyl/N-ethyl adjacent to an activating group) is 1. The summed E-state index contributed by atoms with van der Waals surface area (Å²) in [5.74, 6) is -0.190. The minimum absolute atomic E-state index is 0.00394. The SMILES string of the molecule is CCNC(=O)COc1ccc(NC(=O)c2ccc(Br)c(S(=O)(=O)N(C)C)c2)cc1. The zero-order valence-electron chi connectivity index (χ0n) is 16.2. The van der Waals surface area contributed by atoms with Crippen LogP contribution in [0.3, 0.4) is 0 Å². The molecule has 0 aliphatic rings. The lowest BCUT2D eigenvalue weighted by atomic mass is 10.2. The lowest BCUT2D eigenvalue weighted by Gasteiger charge is -2.14. The Morgan fingerprint density at radius 1 is 1.10 bits per heavy atom. The molecule has 2 aromatic carbocycles. The second kappa shape index (κ2) is 9.86. The fourth-order valence-corrected chi connectivity index (χ4v) is 4.12. The molecule has 0 aliphatic carbocycles. The van der Waals surface area contributed by atoms with E-state index in [9.17, 15) is 18.0 Å². The van der Waals surface area contributed by atoms with Gasteiger partial charge < -0.3 is 15.4 Å². The first-order chi connectivity index (χ1) is 13.6. The van der Waals surface area contributed by atoms with Crippen LogP contribution >= 0.6 is 15.9 Å². The third-order valence-corrected chi connectivity index (χ3v) is 6.62. The van der Waals surface area contributed by atoms with Gasteiger partial charge in [-0.3, -0.25) is 9.59 Å². The van der Waals surface area contributed by atoms with Gasteiger partial charge in [-0.05, 0) is 65.3 Å². The lowest BCUT2D eigenvalue weighted by Crippen LogP contribution is -2.28. The van der Waals surface area contributed by atoms with Gasteiger partial charge in [0.2, 0.25) is 10.0 Å². The van der Waals surface area contributed by atoms with Gasteiger partial charge in [0.05, 0.1) is 4.90 Å². The highest BCUT2D eigenvalue weighted by atomic mass is 79.9. The Labute approximate surface area is 178 Å². The summed E-state index contributed by atoms with van der Waals surface area (Å²) < 4.78 is 31.6. The van der Waals surface area contributed by atoms with E-state index >= 15 is 0 Å². The maximum absolute atomic E-state index is 12.5. The van der Waals surface area contributed by atoms with Gasteiger partial charge in [0, 0.05) is 36.4 Å². The van der Waals surface area contributed by atoms with Crippen LogP contribution in [-0.2, 0) is 14.8 Å². The minimum atomic E-state index is -3.70. The van der Waals surface area contributed by atoms with Crippen LogP contribution < -0.4 is 15.4 Å². The highest BCUT2D eigenvalue weighted by molar-refractivity contribution is 9.10. The lowest BCUT2D eigenvalue weighted by molar-refractivity contribution is -0.122. The van der Waals surface area contributed by atoms with Crippen molar-refractivity contribution in [2.45, 2.75) is 11.8 Å². The van der Waals surface area contributed by atoms with Crippen LogP contribution in [0.4, 0.5) is 5.69 Å². The fourth-order valence-electron chi connectivity index (χ4n) is 2.27. The average Bonchev–Trinajstić information content (AvgIpc) is 2.67. The van der Waals surface area contributed by atoms with Crippen molar-refractivity contribution in [1.82, 2.24) is 9.62 Å². The molecule has 0 unspecified atom stereocenters. The number of nitrogens with one attached hydrogen (secondary N) is 2. The Kier molecular flexibility index (Phi) is 7.77. The van der Waals surface area contributed by atoms with Gasteiger partial charge >= 0.3 is 0 Å². The van der Waals surface area contributed by atoms with Crippen LogP contribution in [0.15, 0.2) is 51.8 Å². The van der Waals surface area contributed by atoms with Crippen molar-refractivity contribution >= 4 is 43.5 Å². The van der Waals surface area contributed by atoms with Crippen molar-refractivity contribution in [2.24, 2.45) is 0 Å². The summed E-state index contributed by atoms with van der Waals surface area (Å²) in [5, 5.41) is 5.33. The third-order valence-electron chi connectivity index (χ3n) is 3.81. The molecule has 2 N–H and O–H groups in total. The van der Waals surface area contributed by atoms with Gasteiger partial charge in [-0.1, -0.05) is 0 Å². The molecule has 10 heteroatoms. The Balaban J connectivity index is 2.10. The number of nitrogens with zero attached hydrogens (tertiary/aromatic N) is 1. The third kappa shape index (κ3) is 6.02. The molecule has 0 aromatic heterocycles. The van der Waals surface area contributed by atoms with Gasteiger partial charge in [0.25, 0.3) is 11.8 Å². The average molecular weight is 484 g/mol. The highest BCUT2D eigenvalue weighted by Crippen LogP contribution is 2.26. The second-order valence-corrected chi connectivity index (χ2v) is 9.13. The topological polar surface area (TPSA) is 105 Å². The van der Waals surface area contributed by atoms with E-state index in [4.69, 9.17) is 4.74 Å². The first-order valence-corrected chi connectivity index (χ1v) is 10.9. The first kappa shape index (κ1) is 22.9. The van der Waals surface area contributed by atoms with Crippen LogP contribution in [0.1, 0.15) is 17.3 Å². The number of hydrogen-bond donors (Lipinski definition) is 2. The van der Waals surface area contributed by atoms with E-state index in [1.54, 1.807) is 24.3 Å². The van der Waals surface area contributed by atoms with Crippen LogP contribution in [0, 0.1) is 0 Å². The van der Waals surface area contributed by atoms with E-state index in [2.05, 4.69) is 26.6 Å². The van der Waals surface area contributed by atoms with Crippen LogP contribution in [0.25, 0.3) is 0 Å². The summed E-state index contributed by atoms with van der Waals surface area (Å²) >= 11 is 3.21. The van der Waals surface area contributed by atoms with Crippen LogP contribution in [-0.4, -0.2) is 51.8 Å². The van der Waals surface area contributed by atoms with E-state index in [-0.39, 0.29) is 23.0 Å². The minimum Gasteiger partial charge on any atom is -0.484 e. The number of benzene rings is 2. The molecule has 29 heavy (non-hydrogen) atoms. The standard InChI is InChI=1S/C19H22BrN3O5S/c1-4-21-18(24)12-28-15-8-6-14(7-9-15)22-19(25)13-5-10-16(20)17(11-13)29(26,27)23(2)3/h5-11H,4,12H2,1-3H3,(H,21,24)(H,22,25). The highest BCUT2D eigenvalue weighted by Gasteiger charge is 2.22. The molecule has 2 amide bonds. The van der Waals surface area contributed by atoms with Crippen LogP contribution in [0.5, 0.6) is 5.75 Å². The molecular weight excluding hydrogens is 462 g/mol. The molecule has 0 fully saturated rings. The molecule has 0 heterocycles. The van der Waals surface area contributed by atoms with Gasteiger partial charge in [-0.2, -0.15) is 0 Å². The fraction of sp³-hybridized carbons (Fsp3) is 0.263. The number of halogens is 1. The smallest absolute Gasteiger partial charge is 0.257 e. The van der Waals surface area contributed by atoms with Crippen molar-refractivity contribution < 1.29 is 22.7 Å². The molecular formula is C19H22BrN3O5S. The van der Waals surface area contributed by atoms with E-state index in [1.165, 1.54) is 32.3 Å². The van der Waals surface area contributed by atoms with Crippen LogP contribution in [0.2, 0.25) is 0 Å². The Morgan fingerprint density at radius 2 is 1.76 bits per heavy atom. The zero-order chi connectivity index (χ0) is 21.6. The van der Waals surface area contributed by atoms with Crippen molar-refractivity contribution in [3.05, 3.63) is 52.5 Å². The molecule has 2 aromatic rings. The van der Waals surface area contributed by atoms with E-state index < -0.39 is 15.9 Å². The van der Waals surface area contributed by atoms with Gasteiger partial charge in [-0.15, -0.1) is 0 Å². The maximum atomic E-state index is 12.5. The number of sulfonamides is 1. The Morgan fingerprint density at radius 3 is 2.34 bits per heavy atom. The first-order valence-electron chi connectivity index (χ1n) is 8.68. The monoisotopic (exact) mass is 483 g/mol. The summed E-state index contributed by atoms with van der Waals surface area (Å²) in [7, 11) is -0.861. The van der Waals surface area contributed by atoms with Crippen molar-refractivity contribution in [2.75, 3.05) is 32.6 Å². The summed E-state index contributed by atoms with van der Waals surface area (Å²) in [6.45, 7) is 2.25. The molecule has 0 saturated heterocycles. The van der Waals surface area contributed by atoms with Gasteiger partial charge in [0.15, 0.2) is 6.61 Å². The Hall–Kier alpha value is -2.43. The number of rotatable bonds is 8. The van der Waals surface area contributed by atoms with E-state index in [0.29, 0.717) is 22.5 Å².